The van der Waals surface area contributed by atoms with Crippen LogP contribution in [0.15, 0.2) is 0 Å². The molecule has 0 aliphatic carbocycles. The summed E-state index contributed by atoms with van der Waals surface area (Å²) in [6, 6.07) is -0.109. The molecule has 0 aliphatic heterocycles. The Kier molecular flexibility index (Phi) is 13.2. The molecule has 6 nitrogen and oxygen atoms in total. The van der Waals surface area contributed by atoms with Crippen molar-refractivity contribution in [2.45, 2.75) is 38.6 Å². The molecule has 0 aliphatic rings. The number of amides is 1. The Hall–Kier alpha value is -0.690. The van der Waals surface area contributed by atoms with Gasteiger partial charge in [0.1, 0.15) is 0 Å². The second-order valence-corrected chi connectivity index (χ2v) is 4.58. The molecule has 114 valence electrons. The van der Waals surface area contributed by atoms with Crippen LogP contribution >= 0.6 is 0 Å². The highest BCUT2D eigenvalue weighted by Crippen LogP contribution is 1.97. The molecule has 0 bridgehead atoms. The molecule has 0 aromatic carbocycles. The number of rotatable bonds is 13. The van der Waals surface area contributed by atoms with Gasteiger partial charge in [-0.15, -0.1) is 0 Å². The van der Waals surface area contributed by atoms with Crippen LogP contribution in [0.3, 0.4) is 0 Å². The monoisotopic (exact) mass is 273 g/mol. The fraction of sp³-hybridized carbons (Fsp3) is 0.923. The zero-order valence-electron chi connectivity index (χ0n) is 12.2. The van der Waals surface area contributed by atoms with E-state index >= 15 is 0 Å². The molecule has 0 heterocycles. The lowest BCUT2D eigenvalue weighted by Crippen LogP contribution is -2.45. The molecule has 19 heavy (non-hydrogen) atoms. The minimum absolute atomic E-state index is 0.0847. The molecule has 0 aromatic heterocycles. The molecule has 0 aromatic rings. The van der Waals surface area contributed by atoms with Gasteiger partial charge < -0.3 is 27.4 Å². The molecule has 0 saturated carbocycles. The molecule has 0 spiro atoms. The molecule has 0 saturated heterocycles. The van der Waals surface area contributed by atoms with Crippen molar-refractivity contribution in [2.24, 2.45) is 11.5 Å². The summed E-state index contributed by atoms with van der Waals surface area (Å²) in [7, 11) is 0. The standard InChI is InChI=1S/C13H31N5O/c1-2-17-13(19)12(18-11-5-8-15)6-3-9-16-10-4-7-14/h12,16,18H,2-11,14-15H2,1H3,(H,17,19). The van der Waals surface area contributed by atoms with Crippen molar-refractivity contribution in [3.63, 3.8) is 0 Å². The quantitative estimate of drug-likeness (QED) is 0.281. The van der Waals surface area contributed by atoms with E-state index < -0.39 is 0 Å². The zero-order valence-corrected chi connectivity index (χ0v) is 12.2. The van der Waals surface area contributed by atoms with Crippen LogP contribution in [0.2, 0.25) is 0 Å². The Labute approximate surface area is 117 Å². The van der Waals surface area contributed by atoms with Crippen LogP contribution in [0, 0.1) is 0 Å². The third-order valence-electron chi connectivity index (χ3n) is 2.84. The summed E-state index contributed by atoms with van der Waals surface area (Å²) in [5.41, 5.74) is 10.9. The molecule has 1 unspecified atom stereocenters. The van der Waals surface area contributed by atoms with E-state index in [2.05, 4.69) is 16.0 Å². The Bertz CT molecular complexity index is 213. The zero-order chi connectivity index (χ0) is 14.3. The number of nitrogens with one attached hydrogen (secondary N) is 3. The van der Waals surface area contributed by atoms with E-state index in [1.54, 1.807) is 0 Å². The molecular weight excluding hydrogens is 242 g/mol. The molecule has 0 radical (unpaired) electrons. The average Bonchev–Trinajstić information content (AvgIpc) is 2.41. The van der Waals surface area contributed by atoms with Crippen molar-refractivity contribution in [3.8, 4) is 0 Å². The molecule has 6 heteroatoms. The highest BCUT2D eigenvalue weighted by Gasteiger charge is 2.15. The highest BCUT2D eigenvalue weighted by molar-refractivity contribution is 5.81. The van der Waals surface area contributed by atoms with Crippen LogP contribution in [0.5, 0.6) is 0 Å². The lowest BCUT2D eigenvalue weighted by atomic mass is 10.1. The summed E-state index contributed by atoms with van der Waals surface area (Å²) in [6.45, 7) is 6.63. The van der Waals surface area contributed by atoms with Gasteiger partial charge >= 0.3 is 0 Å². The van der Waals surface area contributed by atoms with Crippen LogP contribution in [-0.2, 0) is 4.79 Å². The Balaban J connectivity index is 3.80. The first-order valence-corrected chi connectivity index (χ1v) is 7.38. The molecular formula is C13H31N5O. The maximum atomic E-state index is 11.9. The summed E-state index contributed by atoms with van der Waals surface area (Å²) in [5.74, 6) is 0.0847. The first-order chi connectivity index (χ1) is 9.26. The number of carbonyl (C=O) groups excluding carboxylic acids is 1. The van der Waals surface area contributed by atoms with E-state index in [-0.39, 0.29) is 11.9 Å². The lowest BCUT2D eigenvalue weighted by Gasteiger charge is -2.18. The maximum Gasteiger partial charge on any atom is 0.237 e. The van der Waals surface area contributed by atoms with Crippen LogP contribution < -0.4 is 27.4 Å². The maximum absolute atomic E-state index is 11.9. The van der Waals surface area contributed by atoms with E-state index in [1.807, 2.05) is 6.92 Å². The smallest absolute Gasteiger partial charge is 0.237 e. The number of hydrogen-bond donors (Lipinski definition) is 5. The third kappa shape index (κ3) is 10.9. The van der Waals surface area contributed by atoms with Crippen molar-refractivity contribution < 1.29 is 4.79 Å². The first-order valence-electron chi connectivity index (χ1n) is 7.38. The summed E-state index contributed by atoms with van der Waals surface area (Å²) in [6.07, 6.45) is 3.70. The van der Waals surface area contributed by atoms with Gasteiger partial charge in [-0.05, 0) is 65.3 Å². The number of nitrogens with two attached hydrogens (primary N) is 2. The average molecular weight is 273 g/mol. The fourth-order valence-electron chi connectivity index (χ4n) is 1.78. The van der Waals surface area contributed by atoms with E-state index in [4.69, 9.17) is 11.5 Å². The minimum Gasteiger partial charge on any atom is -0.355 e. The Morgan fingerprint density at radius 1 is 1.05 bits per heavy atom. The predicted molar refractivity (Wildman–Crippen MR) is 79.9 cm³/mol. The summed E-state index contributed by atoms with van der Waals surface area (Å²) in [4.78, 5) is 11.9. The van der Waals surface area contributed by atoms with Gasteiger partial charge in [0.05, 0.1) is 6.04 Å². The van der Waals surface area contributed by atoms with Gasteiger partial charge in [0.2, 0.25) is 5.91 Å². The van der Waals surface area contributed by atoms with Crippen molar-refractivity contribution in [2.75, 3.05) is 39.3 Å². The molecule has 1 amide bonds. The van der Waals surface area contributed by atoms with Gasteiger partial charge in [0.25, 0.3) is 0 Å². The molecule has 0 fully saturated rings. The van der Waals surface area contributed by atoms with E-state index in [1.165, 1.54) is 0 Å². The van der Waals surface area contributed by atoms with Crippen molar-refractivity contribution in [1.82, 2.24) is 16.0 Å². The third-order valence-corrected chi connectivity index (χ3v) is 2.84. The first kappa shape index (κ1) is 18.3. The summed E-state index contributed by atoms with van der Waals surface area (Å²) < 4.78 is 0. The summed E-state index contributed by atoms with van der Waals surface area (Å²) >= 11 is 0. The second-order valence-electron chi connectivity index (χ2n) is 4.58. The van der Waals surface area contributed by atoms with E-state index in [0.717, 1.165) is 51.9 Å². The minimum atomic E-state index is -0.109. The second kappa shape index (κ2) is 13.7. The number of likely N-dealkylation sites (N-methyl/N-ethyl adjacent to an activating group) is 1. The van der Waals surface area contributed by atoms with Gasteiger partial charge in [-0.3, -0.25) is 4.79 Å². The molecule has 1 atom stereocenters. The van der Waals surface area contributed by atoms with Crippen LogP contribution in [0.1, 0.15) is 32.6 Å². The number of hydrogen-bond acceptors (Lipinski definition) is 5. The van der Waals surface area contributed by atoms with Gasteiger partial charge in [0, 0.05) is 6.54 Å². The van der Waals surface area contributed by atoms with E-state index in [9.17, 15) is 4.79 Å². The van der Waals surface area contributed by atoms with Gasteiger partial charge in [-0.2, -0.15) is 0 Å². The van der Waals surface area contributed by atoms with E-state index in [0.29, 0.717) is 13.1 Å². The highest BCUT2D eigenvalue weighted by atomic mass is 16.2. The van der Waals surface area contributed by atoms with Gasteiger partial charge in [0.15, 0.2) is 0 Å². The SMILES string of the molecule is CCNC(=O)C(CCCNCCCN)NCCCN. The fourth-order valence-corrected chi connectivity index (χ4v) is 1.78. The molecule has 7 N–H and O–H groups in total. The topological polar surface area (TPSA) is 105 Å². The molecule has 0 rings (SSSR count). The van der Waals surface area contributed by atoms with Crippen LogP contribution in [0.4, 0.5) is 0 Å². The Morgan fingerprint density at radius 2 is 1.68 bits per heavy atom. The Morgan fingerprint density at radius 3 is 2.32 bits per heavy atom. The lowest BCUT2D eigenvalue weighted by molar-refractivity contribution is -0.123. The summed E-state index contributed by atoms with van der Waals surface area (Å²) in [5, 5.41) is 9.45. The van der Waals surface area contributed by atoms with Crippen molar-refractivity contribution >= 4 is 5.91 Å². The number of carbonyl (C=O) groups is 1. The van der Waals surface area contributed by atoms with Crippen molar-refractivity contribution in [3.05, 3.63) is 0 Å². The van der Waals surface area contributed by atoms with Crippen LogP contribution in [-0.4, -0.2) is 51.2 Å². The van der Waals surface area contributed by atoms with Crippen molar-refractivity contribution in [1.29, 1.82) is 0 Å². The van der Waals surface area contributed by atoms with Gasteiger partial charge in [-0.1, -0.05) is 0 Å². The van der Waals surface area contributed by atoms with Crippen LogP contribution in [0.25, 0.3) is 0 Å². The normalized spacial score (nSPS) is 12.4. The largest absolute Gasteiger partial charge is 0.355 e. The predicted octanol–water partition coefficient (Wildman–Crippen LogP) is -0.852. The van der Waals surface area contributed by atoms with Gasteiger partial charge in [-0.25, -0.2) is 0 Å².